The van der Waals surface area contributed by atoms with Crippen LogP contribution in [-0.2, 0) is 21.2 Å². The van der Waals surface area contributed by atoms with Crippen LogP contribution in [0.1, 0.15) is 41.5 Å². The highest BCUT2D eigenvalue weighted by Gasteiger charge is 2.33. The average molecular weight is 631 g/mol. The molecule has 0 aliphatic carbocycles. The van der Waals surface area contributed by atoms with E-state index < -0.39 is 21.7 Å². The van der Waals surface area contributed by atoms with E-state index in [4.69, 9.17) is 18.9 Å². The molecule has 1 unspecified atom stereocenters. The van der Waals surface area contributed by atoms with Crippen LogP contribution >= 0.6 is 0 Å². The van der Waals surface area contributed by atoms with Gasteiger partial charge in [0, 0.05) is 29.4 Å². The minimum Gasteiger partial charge on any atom is -0.494 e. The van der Waals surface area contributed by atoms with Gasteiger partial charge in [0.1, 0.15) is 45.2 Å². The largest absolute Gasteiger partial charge is 0.494 e. The molecule has 9 heteroatoms. The second kappa shape index (κ2) is 13.6. The van der Waals surface area contributed by atoms with Gasteiger partial charge in [-0.2, -0.15) is 0 Å². The molecule has 0 bridgehead atoms. The minimum atomic E-state index is -3.04. The van der Waals surface area contributed by atoms with Crippen molar-refractivity contribution >= 4 is 15.8 Å². The fourth-order valence-electron chi connectivity index (χ4n) is 5.57. The zero-order valence-electron chi connectivity index (χ0n) is 25.9. The van der Waals surface area contributed by atoms with E-state index in [-0.39, 0.29) is 11.7 Å². The molecule has 0 fully saturated rings. The van der Waals surface area contributed by atoms with Gasteiger partial charge in [-0.1, -0.05) is 37.3 Å². The first-order valence-electron chi connectivity index (χ1n) is 14.9. The first-order chi connectivity index (χ1) is 21.5. The summed E-state index contributed by atoms with van der Waals surface area (Å²) in [7, 11) is -3.04. The molecule has 8 nitrogen and oxygen atoms in total. The predicted octanol–water partition coefficient (Wildman–Crippen LogP) is 7.35. The van der Waals surface area contributed by atoms with Crippen LogP contribution in [0.5, 0.6) is 28.7 Å². The lowest BCUT2D eigenvalue weighted by molar-refractivity contribution is -0.142. The highest BCUT2D eigenvalue weighted by molar-refractivity contribution is 7.90. The van der Waals surface area contributed by atoms with E-state index in [9.17, 15) is 18.3 Å². The average Bonchev–Trinajstić information content (AvgIpc) is 3.42. The van der Waals surface area contributed by atoms with Gasteiger partial charge < -0.3 is 24.1 Å². The molecule has 0 amide bonds. The molecular formula is C36H38O8S. The lowest BCUT2D eigenvalue weighted by Crippen LogP contribution is -2.19. The van der Waals surface area contributed by atoms with Crippen LogP contribution < -0.4 is 18.9 Å². The molecule has 0 radical (unpaired) electrons. The summed E-state index contributed by atoms with van der Waals surface area (Å²) in [5.74, 6) is 1.90. The maximum atomic E-state index is 11.5. The summed E-state index contributed by atoms with van der Waals surface area (Å²) in [6, 6.07) is 25.1. The maximum absolute atomic E-state index is 11.5. The molecule has 5 rings (SSSR count). The Bertz CT molecular complexity index is 1760. The fraction of sp³-hybridized carbons (Fsp3) is 0.306. The van der Waals surface area contributed by atoms with Crippen molar-refractivity contribution in [1.29, 1.82) is 0 Å². The van der Waals surface area contributed by atoms with Crippen LogP contribution in [0.4, 0.5) is 0 Å². The molecule has 4 aromatic rings. The molecule has 236 valence electrons. The van der Waals surface area contributed by atoms with E-state index in [0.717, 1.165) is 39.1 Å². The van der Waals surface area contributed by atoms with E-state index in [1.54, 1.807) is 6.92 Å². The monoisotopic (exact) mass is 630 g/mol. The van der Waals surface area contributed by atoms with Gasteiger partial charge in [0.2, 0.25) is 0 Å². The molecular weight excluding hydrogens is 592 g/mol. The third-order valence-electron chi connectivity index (χ3n) is 7.92. The quantitative estimate of drug-likeness (QED) is 0.153. The topological polar surface area (TPSA) is 108 Å². The van der Waals surface area contributed by atoms with Gasteiger partial charge in [0.25, 0.3) is 0 Å². The summed E-state index contributed by atoms with van der Waals surface area (Å²) < 4.78 is 47.2. The van der Waals surface area contributed by atoms with E-state index in [1.165, 1.54) is 6.26 Å². The predicted molar refractivity (Wildman–Crippen MR) is 174 cm³/mol. The Hall–Kier alpha value is -4.50. The van der Waals surface area contributed by atoms with Gasteiger partial charge in [-0.15, -0.1) is 0 Å². The van der Waals surface area contributed by atoms with Crippen molar-refractivity contribution in [2.75, 3.05) is 25.2 Å². The Labute approximate surface area is 264 Å². The van der Waals surface area contributed by atoms with Crippen LogP contribution in [0, 0.1) is 19.8 Å². The fourth-order valence-corrected chi connectivity index (χ4v) is 6.21. The summed E-state index contributed by atoms with van der Waals surface area (Å²) >= 11 is 0. The molecule has 0 saturated heterocycles. The molecule has 0 saturated carbocycles. The Balaban J connectivity index is 1.39. The van der Waals surface area contributed by atoms with E-state index in [2.05, 4.69) is 6.07 Å². The third-order valence-corrected chi connectivity index (χ3v) is 8.95. The van der Waals surface area contributed by atoms with Gasteiger partial charge in [-0.25, -0.2) is 8.42 Å². The summed E-state index contributed by atoms with van der Waals surface area (Å²) in [4.78, 5) is 11.5. The number of rotatable bonds is 13. The van der Waals surface area contributed by atoms with Crippen LogP contribution in [0.25, 0.3) is 11.1 Å². The van der Waals surface area contributed by atoms with Crippen molar-refractivity contribution in [3.05, 3.63) is 101 Å². The smallest absolute Gasteiger partial charge is 0.306 e. The summed E-state index contributed by atoms with van der Waals surface area (Å²) in [5.41, 5.74) is 5.71. The van der Waals surface area contributed by atoms with Crippen molar-refractivity contribution in [3.8, 4) is 39.9 Å². The molecule has 2 atom stereocenters. The first kappa shape index (κ1) is 31.9. The molecule has 0 spiro atoms. The zero-order valence-corrected chi connectivity index (χ0v) is 26.7. The summed E-state index contributed by atoms with van der Waals surface area (Å²) in [6.07, 6.45) is 1.65. The lowest BCUT2D eigenvalue weighted by atomic mass is 9.89. The molecule has 0 aromatic heterocycles. The van der Waals surface area contributed by atoms with Gasteiger partial charge >= 0.3 is 5.97 Å². The second-order valence-corrected chi connectivity index (χ2v) is 13.8. The number of hydrogen-bond acceptors (Lipinski definition) is 7. The van der Waals surface area contributed by atoms with E-state index >= 15 is 0 Å². The summed E-state index contributed by atoms with van der Waals surface area (Å²) in [6.45, 7) is 6.68. The highest BCUT2D eigenvalue weighted by atomic mass is 32.2. The van der Waals surface area contributed by atoms with Crippen LogP contribution in [0.3, 0.4) is 0 Å². The van der Waals surface area contributed by atoms with Crippen LogP contribution in [0.15, 0.2) is 78.9 Å². The number of benzene rings is 4. The van der Waals surface area contributed by atoms with Crippen LogP contribution in [0.2, 0.25) is 0 Å². The number of aliphatic carboxylic acids is 1. The second-order valence-electron chi connectivity index (χ2n) is 11.5. The Kier molecular flexibility index (Phi) is 9.68. The molecule has 45 heavy (non-hydrogen) atoms. The number of hydrogen-bond donors (Lipinski definition) is 1. The first-order valence-corrected chi connectivity index (χ1v) is 16.9. The molecule has 1 heterocycles. The van der Waals surface area contributed by atoms with Crippen molar-refractivity contribution in [2.24, 2.45) is 5.92 Å². The normalized spacial score (nSPS) is 14.7. The number of ether oxygens (including phenoxy) is 4. The van der Waals surface area contributed by atoms with Gasteiger partial charge in [0.15, 0.2) is 0 Å². The van der Waals surface area contributed by atoms with Gasteiger partial charge in [0.05, 0.1) is 24.9 Å². The number of para-hydroxylation sites is 1. The SMILES string of the molecule is Cc1cc(OCCCS(C)(=O)=O)cc(C)c1-c1cc(COc2ccc3c(c2)OC[C@H]3C(C)C(=O)O)ccc1Oc1ccccc1. The number of aryl methyl sites for hydroxylation is 2. The molecule has 1 N–H and O–H groups in total. The van der Waals surface area contributed by atoms with Gasteiger partial charge in [-0.05, 0) is 85.0 Å². The lowest BCUT2D eigenvalue weighted by Gasteiger charge is -2.18. The Morgan fingerprint density at radius 1 is 0.933 bits per heavy atom. The molecule has 1 aliphatic heterocycles. The molecule has 4 aromatic carbocycles. The number of carbonyl (C=O) groups is 1. The number of carboxylic acids is 1. The maximum Gasteiger partial charge on any atom is 0.306 e. The van der Waals surface area contributed by atoms with E-state index in [1.807, 2.05) is 86.6 Å². The summed E-state index contributed by atoms with van der Waals surface area (Å²) in [5, 5.41) is 9.44. The standard InChI is InChI=1S/C36H38O8S/c1-23-17-29(41-15-8-16-45(4,39)40)18-24(2)35(23)31-19-26(11-14-33(31)44-27-9-6-5-7-10-27)21-42-28-12-13-30-32(25(3)36(37)38)22-43-34(30)20-28/h5-7,9-14,17-20,25,32H,8,15-16,21-22H2,1-4H3,(H,37,38)/t25?,32-/m0/s1. The molecule has 1 aliphatic rings. The minimum absolute atomic E-state index is 0.0843. The highest BCUT2D eigenvalue weighted by Crippen LogP contribution is 2.42. The van der Waals surface area contributed by atoms with Crippen molar-refractivity contribution in [3.63, 3.8) is 0 Å². The van der Waals surface area contributed by atoms with Gasteiger partial charge in [-0.3, -0.25) is 4.79 Å². The third kappa shape index (κ3) is 7.97. The van der Waals surface area contributed by atoms with Crippen molar-refractivity contribution in [1.82, 2.24) is 0 Å². The van der Waals surface area contributed by atoms with Crippen LogP contribution in [-0.4, -0.2) is 44.7 Å². The van der Waals surface area contributed by atoms with Crippen molar-refractivity contribution < 1.29 is 37.3 Å². The number of fused-ring (bicyclic) bond motifs is 1. The number of carboxylic acid groups (broad SMARTS) is 1. The van der Waals surface area contributed by atoms with Crippen molar-refractivity contribution in [2.45, 2.75) is 39.7 Å². The van der Waals surface area contributed by atoms with E-state index in [0.29, 0.717) is 49.2 Å². The Morgan fingerprint density at radius 2 is 1.67 bits per heavy atom. The zero-order chi connectivity index (χ0) is 32.1. The number of sulfone groups is 1. The Morgan fingerprint density at radius 3 is 2.36 bits per heavy atom.